The van der Waals surface area contributed by atoms with E-state index >= 15 is 0 Å². The number of ether oxygens (including phenoxy) is 1. The lowest BCUT2D eigenvalue weighted by molar-refractivity contribution is 0.0948. The molecule has 0 unspecified atom stereocenters. The number of nitrogens with zero attached hydrogens (tertiary/aromatic N) is 3. The first-order valence-corrected chi connectivity index (χ1v) is 8.49. The molecule has 7 heteroatoms. The molecule has 0 spiro atoms. The molecule has 0 aliphatic rings. The molecular formula is C17H18N4O2S. The Hall–Kier alpha value is -2.67. The highest BCUT2D eigenvalue weighted by atomic mass is 32.1. The van der Waals surface area contributed by atoms with Gasteiger partial charge in [0, 0.05) is 30.9 Å². The van der Waals surface area contributed by atoms with Gasteiger partial charge in [0.2, 0.25) is 0 Å². The number of methoxy groups -OCH3 is 1. The molecule has 0 saturated heterocycles. The maximum absolute atomic E-state index is 12.2. The molecule has 3 rings (SSSR count). The second-order valence-electron chi connectivity index (χ2n) is 5.15. The number of amides is 1. The van der Waals surface area contributed by atoms with E-state index in [9.17, 15) is 4.79 Å². The van der Waals surface area contributed by atoms with Crippen molar-refractivity contribution in [2.75, 3.05) is 13.7 Å². The zero-order chi connectivity index (χ0) is 16.8. The summed E-state index contributed by atoms with van der Waals surface area (Å²) in [5.41, 5.74) is 1.33. The summed E-state index contributed by atoms with van der Waals surface area (Å²) in [5.74, 6) is 0.595. The Labute approximate surface area is 144 Å². The van der Waals surface area contributed by atoms with Gasteiger partial charge in [-0.1, -0.05) is 12.1 Å². The largest absolute Gasteiger partial charge is 0.496 e. The van der Waals surface area contributed by atoms with Crippen LogP contribution in [0.5, 0.6) is 5.75 Å². The summed E-state index contributed by atoms with van der Waals surface area (Å²) >= 11 is 1.43. The summed E-state index contributed by atoms with van der Waals surface area (Å²) in [6, 6.07) is 7.65. The van der Waals surface area contributed by atoms with Crippen molar-refractivity contribution in [3.8, 4) is 16.3 Å². The number of para-hydroxylation sites is 1. The zero-order valence-corrected chi connectivity index (χ0v) is 14.1. The van der Waals surface area contributed by atoms with Crippen LogP contribution in [0, 0.1) is 0 Å². The quantitative estimate of drug-likeness (QED) is 0.670. The van der Waals surface area contributed by atoms with E-state index in [0.29, 0.717) is 12.2 Å². The predicted octanol–water partition coefficient (Wildman–Crippen LogP) is 2.84. The molecule has 0 atom stereocenters. The van der Waals surface area contributed by atoms with E-state index in [4.69, 9.17) is 4.74 Å². The summed E-state index contributed by atoms with van der Waals surface area (Å²) in [7, 11) is 1.63. The fourth-order valence-corrected chi connectivity index (χ4v) is 3.13. The minimum absolute atomic E-state index is 0.155. The van der Waals surface area contributed by atoms with E-state index in [0.717, 1.165) is 29.3 Å². The van der Waals surface area contributed by atoms with Crippen LogP contribution in [-0.4, -0.2) is 34.1 Å². The lowest BCUT2D eigenvalue weighted by atomic mass is 10.2. The number of carbonyl (C=O) groups excluding carboxylic acids is 1. The van der Waals surface area contributed by atoms with Crippen LogP contribution in [0.15, 0.2) is 48.4 Å². The number of aryl methyl sites for hydroxylation is 1. The zero-order valence-electron chi connectivity index (χ0n) is 13.3. The van der Waals surface area contributed by atoms with E-state index in [-0.39, 0.29) is 5.91 Å². The van der Waals surface area contributed by atoms with Crippen molar-refractivity contribution in [3.05, 3.63) is 54.1 Å². The molecule has 1 amide bonds. The van der Waals surface area contributed by atoms with Gasteiger partial charge in [-0.2, -0.15) is 0 Å². The monoisotopic (exact) mass is 342 g/mol. The molecule has 0 saturated carbocycles. The van der Waals surface area contributed by atoms with Gasteiger partial charge in [0.05, 0.1) is 19.0 Å². The molecular weight excluding hydrogens is 324 g/mol. The van der Waals surface area contributed by atoms with E-state index in [1.165, 1.54) is 11.3 Å². The summed E-state index contributed by atoms with van der Waals surface area (Å²) in [6.07, 6.45) is 6.25. The fourth-order valence-electron chi connectivity index (χ4n) is 2.30. The van der Waals surface area contributed by atoms with Gasteiger partial charge in [-0.3, -0.25) is 4.79 Å². The third kappa shape index (κ3) is 3.80. The van der Waals surface area contributed by atoms with Crippen LogP contribution in [0.25, 0.3) is 10.6 Å². The van der Waals surface area contributed by atoms with E-state index < -0.39 is 0 Å². The van der Waals surface area contributed by atoms with Crippen LogP contribution >= 0.6 is 11.3 Å². The smallest absolute Gasteiger partial charge is 0.270 e. The van der Waals surface area contributed by atoms with Gasteiger partial charge < -0.3 is 14.6 Å². The van der Waals surface area contributed by atoms with Crippen molar-refractivity contribution in [1.29, 1.82) is 0 Å². The topological polar surface area (TPSA) is 69.0 Å². The molecule has 0 radical (unpaired) electrons. The average molecular weight is 342 g/mol. The Bertz CT molecular complexity index is 799. The summed E-state index contributed by atoms with van der Waals surface area (Å²) < 4.78 is 7.32. The highest BCUT2D eigenvalue weighted by molar-refractivity contribution is 7.13. The van der Waals surface area contributed by atoms with E-state index in [1.54, 1.807) is 25.0 Å². The number of hydrogen-bond acceptors (Lipinski definition) is 5. The lowest BCUT2D eigenvalue weighted by Gasteiger charge is -2.05. The van der Waals surface area contributed by atoms with Crippen molar-refractivity contribution in [1.82, 2.24) is 19.9 Å². The number of aromatic nitrogens is 3. The van der Waals surface area contributed by atoms with Gasteiger partial charge in [-0.25, -0.2) is 9.97 Å². The Morgan fingerprint density at radius 3 is 3.04 bits per heavy atom. The molecule has 3 aromatic rings. The predicted molar refractivity (Wildman–Crippen MR) is 93.3 cm³/mol. The van der Waals surface area contributed by atoms with Gasteiger partial charge in [-0.05, 0) is 18.6 Å². The van der Waals surface area contributed by atoms with Gasteiger partial charge in [0.25, 0.3) is 5.91 Å². The number of imidazole rings is 1. The first-order chi connectivity index (χ1) is 11.8. The minimum atomic E-state index is -0.155. The summed E-state index contributed by atoms with van der Waals surface area (Å²) in [6.45, 7) is 1.42. The van der Waals surface area contributed by atoms with Crippen LogP contribution in [0.2, 0.25) is 0 Å². The lowest BCUT2D eigenvalue weighted by Crippen LogP contribution is -2.25. The highest BCUT2D eigenvalue weighted by Gasteiger charge is 2.13. The maximum Gasteiger partial charge on any atom is 0.270 e. The number of thiazole rings is 1. The molecule has 124 valence electrons. The highest BCUT2D eigenvalue weighted by Crippen LogP contribution is 2.31. The van der Waals surface area contributed by atoms with Gasteiger partial charge >= 0.3 is 0 Å². The first-order valence-electron chi connectivity index (χ1n) is 7.61. The summed E-state index contributed by atoms with van der Waals surface area (Å²) in [4.78, 5) is 20.6. The van der Waals surface area contributed by atoms with Crippen LogP contribution in [0.1, 0.15) is 16.9 Å². The van der Waals surface area contributed by atoms with Crippen molar-refractivity contribution in [3.63, 3.8) is 0 Å². The van der Waals surface area contributed by atoms with Gasteiger partial charge in [0.15, 0.2) is 0 Å². The number of carbonyl (C=O) groups is 1. The Balaban J connectivity index is 1.57. The number of benzene rings is 1. The second kappa shape index (κ2) is 7.74. The normalized spacial score (nSPS) is 10.5. The number of rotatable bonds is 7. The van der Waals surface area contributed by atoms with E-state index in [2.05, 4.69) is 15.3 Å². The Morgan fingerprint density at radius 2 is 2.25 bits per heavy atom. The van der Waals surface area contributed by atoms with Gasteiger partial charge in [0.1, 0.15) is 16.5 Å². The molecule has 24 heavy (non-hydrogen) atoms. The standard InChI is InChI=1S/C17H18N4O2S/c1-23-15-6-3-2-5-13(15)17-20-14(11-24-17)16(22)19-7-4-9-21-10-8-18-12-21/h2-3,5-6,8,10-12H,4,7,9H2,1H3,(H,19,22). The average Bonchev–Trinajstić information content (AvgIpc) is 3.30. The van der Waals surface area contributed by atoms with E-state index in [1.807, 2.05) is 35.0 Å². The van der Waals surface area contributed by atoms with Crippen molar-refractivity contribution < 1.29 is 9.53 Å². The second-order valence-corrected chi connectivity index (χ2v) is 6.01. The molecule has 2 heterocycles. The number of nitrogens with one attached hydrogen (secondary N) is 1. The maximum atomic E-state index is 12.2. The molecule has 1 aromatic carbocycles. The first kappa shape index (κ1) is 16.2. The SMILES string of the molecule is COc1ccccc1-c1nc(C(=O)NCCCn2ccnc2)cs1. The molecule has 2 aromatic heterocycles. The van der Waals surface area contributed by atoms with Crippen LogP contribution in [-0.2, 0) is 6.54 Å². The molecule has 6 nitrogen and oxygen atoms in total. The molecule has 0 fully saturated rings. The van der Waals surface area contributed by atoms with Crippen molar-refractivity contribution in [2.45, 2.75) is 13.0 Å². The minimum Gasteiger partial charge on any atom is -0.496 e. The number of hydrogen-bond donors (Lipinski definition) is 1. The van der Waals surface area contributed by atoms with Crippen molar-refractivity contribution >= 4 is 17.2 Å². The van der Waals surface area contributed by atoms with Crippen molar-refractivity contribution in [2.24, 2.45) is 0 Å². The van der Waals surface area contributed by atoms with Crippen LogP contribution in [0.4, 0.5) is 0 Å². The molecule has 1 N–H and O–H groups in total. The molecule has 0 aliphatic carbocycles. The van der Waals surface area contributed by atoms with Crippen LogP contribution < -0.4 is 10.1 Å². The fraction of sp³-hybridized carbons (Fsp3) is 0.235. The van der Waals surface area contributed by atoms with Crippen LogP contribution in [0.3, 0.4) is 0 Å². The van der Waals surface area contributed by atoms with Gasteiger partial charge in [-0.15, -0.1) is 11.3 Å². The Kier molecular flexibility index (Phi) is 5.22. The molecule has 0 bridgehead atoms. The molecule has 0 aliphatic heterocycles. The third-order valence-electron chi connectivity index (χ3n) is 3.51. The summed E-state index contributed by atoms with van der Waals surface area (Å²) in [5, 5.41) is 5.44. The third-order valence-corrected chi connectivity index (χ3v) is 4.39. The Morgan fingerprint density at radius 1 is 1.38 bits per heavy atom.